The summed E-state index contributed by atoms with van der Waals surface area (Å²) in [6, 6.07) is 12.2. The monoisotopic (exact) mass is 434 g/mol. The lowest BCUT2D eigenvalue weighted by atomic mass is 10.0. The van der Waals surface area contributed by atoms with E-state index in [0.717, 1.165) is 73.7 Å². The maximum Gasteiger partial charge on any atom is 0.222 e. The topological polar surface area (TPSA) is 69.5 Å². The Morgan fingerprint density at radius 3 is 2.78 bits per heavy atom. The van der Waals surface area contributed by atoms with Crippen LogP contribution in [0.4, 0.5) is 0 Å². The minimum atomic E-state index is 0.0460. The number of para-hydroxylation sites is 1. The summed E-state index contributed by atoms with van der Waals surface area (Å²) in [6.07, 6.45) is 6.96. The number of nitrogens with zero attached hydrogens (tertiary/aromatic N) is 4. The molecule has 0 unspecified atom stereocenters. The summed E-state index contributed by atoms with van der Waals surface area (Å²) in [7, 11) is 1.67. The van der Waals surface area contributed by atoms with Crippen LogP contribution in [0.5, 0.6) is 5.75 Å². The molecule has 0 N–H and O–H groups in total. The van der Waals surface area contributed by atoms with E-state index in [4.69, 9.17) is 14.5 Å². The van der Waals surface area contributed by atoms with Gasteiger partial charge in [0.25, 0.3) is 0 Å². The molecule has 7 nitrogen and oxygen atoms in total. The Kier molecular flexibility index (Phi) is 6.08. The number of amides is 1. The molecule has 3 aromatic rings. The molecular formula is C25H30N4O3. The van der Waals surface area contributed by atoms with Crippen LogP contribution in [0, 0.1) is 0 Å². The number of aryl methyl sites for hydroxylation is 1. The number of likely N-dealkylation sites (tertiary alicyclic amines) is 1. The number of imidazole rings is 1. The van der Waals surface area contributed by atoms with Crippen molar-refractivity contribution in [1.29, 1.82) is 0 Å². The summed E-state index contributed by atoms with van der Waals surface area (Å²) in [5.41, 5.74) is 2.93. The van der Waals surface area contributed by atoms with Crippen LogP contribution in [0.2, 0.25) is 0 Å². The lowest BCUT2D eigenvalue weighted by Gasteiger charge is -2.34. The number of carbonyl (C=O) groups excluding carboxylic acids is 1. The Hall–Kier alpha value is -2.93. The molecule has 0 spiro atoms. The highest BCUT2D eigenvalue weighted by Crippen LogP contribution is 2.35. The zero-order chi connectivity index (χ0) is 21.9. The van der Waals surface area contributed by atoms with Crippen molar-refractivity contribution in [3.05, 3.63) is 54.0 Å². The van der Waals surface area contributed by atoms with Crippen molar-refractivity contribution >= 4 is 17.1 Å². The fraction of sp³-hybridized carbons (Fsp3) is 0.480. The van der Waals surface area contributed by atoms with Gasteiger partial charge in [-0.15, -0.1) is 0 Å². The number of fused-ring (bicyclic) bond motifs is 1. The smallest absolute Gasteiger partial charge is 0.222 e. The number of rotatable bonds is 6. The standard InChI is InChI=1S/C25H30N4O3/c1-31-21-8-3-2-6-18(21)10-11-23(30)28-15-12-19(13-16-28)29-24-20(7-4-14-26-24)27-25(29)22-9-5-17-32-22/h2-4,6-8,14,19,22H,5,9-13,15-17H2,1H3/t22-/m1/s1. The first-order chi connectivity index (χ1) is 15.7. The normalized spacial score (nSPS) is 19.5. The second-order valence-corrected chi connectivity index (χ2v) is 8.61. The van der Waals surface area contributed by atoms with Crippen molar-refractivity contribution in [2.45, 2.75) is 50.7 Å². The molecular weight excluding hydrogens is 404 g/mol. The number of benzene rings is 1. The van der Waals surface area contributed by atoms with Crippen LogP contribution < -0.4 is 4.74 Å². The predicted octanol–water partition coefficient (Wildman–Crippen LogP) is 4.09. The van der Waals surface area contributed by atoms with Gasteiger partial charge in [0.2, 0.25) is 5.91 Å². The molecule has 0 radical (unpaired) electrons. The van der Waals surface area contributed by atoms with Crippen LogP contribution in [0.3, 0.4) is 0 Å². The molecule has 2 aliphatic rings. The van der Waals surface area contributed by atoms with E-state index < -0.39 is 0 Å². The summed E-state index contributed by atoms with van der Waals surface area (Å²) in [5, 5.41) is 0. The first-order valence-electron chi connectivity index (χ1n) is 11.6. The van der Waals surface area contributed by atoms with Gasteiger partial charge in [-0.25, -0.2) is 9.97 Å². The molecule has 2 aliphatic heterocycles. The molecule has 2 aromatic heterocycles. The third-order valence-corrected chi connectivity index (χ3v) is 6.68. The van der Waals surface area contributed by atoms with Gasteiger partial charge in [-0.3, -0.25) is 4.79 Å². The van der Waals surface area contributed by atoms with Crippen LogP contribution in [0.1, 0.15) is 55.6 Å². The van der Waals surface area contributed by atoms with Gasteiger partial charge in [0.15, 0.2) is 5.65 Å². The van der Waals surface area contributed by atoms with E-state index in [0.29, 0.717) is 12.8 Å². The van der Waals surface area contributed by atoms with E-state index in [1.54, 1.807) is 7.11 Å². The number of methoxy groups -OCH3 is 1. The first-order valence-corrected chi connectivity index (χ1v) is 11.6. The summed E-state index contributed by atoms with van der Waals surface area (Å²) >= 11 is 0. The molecule has 1 amide bonds. The molecule has 5 rings (SSSR count). The summed E-state index contributed by atoms with van der Waals surface area (Å²) < 4.78 is 13.7. The largest absolute Gasteiger partial charge is 0.496 e. The molecule has 7 heteroatoms. The zero-order valence-corrected chi connectivity index (χ0v) is 18.6. The fourth-order valence-electron chi connectivity index (χ4n) is 5.00. The van der Waals surface area contributed by atoms with E-state index in [1.807, 2.05) is 47.5 Å². The van der Waals surface area contributed by atoms with Crippen molar-refractivity contribution < 1.29 is 14.3 Å². The Morgan fingerprint density at radius 1 is 1.16 bits per heavy atom. The van der Waals surface area contributed by atoms with Crippen molar-refractivity contribution in [2.24, 2.45) is 0 Å². The average molecular weight is 435 g/mol. The second kappa shape index (κ2) is 9.28. The molecule has 32 heavy (non-hydrogen) atoms. The first kappa shape index (κ1) is 20.9. The average Bonchev–Trinajstić information content (AvgIpc) is 3.51. The molecule has 2 fully saturated rings. The lowest BCUT2D eigenvalue weighted by molar-refractivity contribution is -0.132. The molecule has 168 valence electrons. The fourth-order valence-corrected chi connectivity index (χ4v) is 5.00. The summed E-state index contributed by atoms with van der Waals surface area (Å²) in [4.78, 5) is 24.4. The SMILES string of the molecule is COc1ccccc1CCC(=O)N1CCC(n2c([C@H]3CCCO3)nc3cccnc32)CC1. The number of hydrogen-bond acceptors (Lipinski definition) is 5. The maximum atomic E-state index is 12.9. The predicted molar refractivity (Wildman–Crippen MR) is 122 cm³/mol. The Balaban J connectivity index is 1.26. The second-order valence-electron chi connectivity index (χ2n) is 8.61. The highest BCUT2D eigenvalue weighted by atomic mass is 16.5. The van der Waals surface area contributed by atoms with E-state index in [1.165, 1.54) is 0 Å². The molecule has 1 atom stereocenters. The Morgan fingerprint density at radius 2 is 2.00 bits per heavy atom. The van der Waals surface area contributed by atoms with E-state index >= 15 is 0 Å². The number of carbonyl (C=O) groups is 1. The third-order valence-electron chi connectivity index (χ3n) is 6.68. The van der Waals surface area contributed by atoms with Crippen LogP contribution in [-0.2, 0) is 16.0 Å². The third kappa shape index (κ3) is 4.09. The van der Waals surface area contributed by atoms with Crippen molar-refractivity contribution in [1.82, 2.24) is 19.4 Å². The van der Waals surface area contributed by atoms with Crippen LogP contribution in [-0.4, -0.2) is 52.1 Å². The lowest BCUT2D eigenvalue weighted by Crippen LogP contribution is -2.39. The number of hydrogen-bond donors (Lipinski definition) is 0. The zero-order valence-electron chi connectivity index (χ0n) is 18.6. The molecule has 0 aliphatic carbocycles. The van der Waals surface area contributed by atoms with Crippen LogP contribution in [0.15, 0.2) is 42.6 Å². The molecule has 4 heterocycles. The molecule has 0 bridgehead atoms. The van der Waals surface area contributed by atoms with Gasteiger partial charge in [0.05, 0.1) is 7.11 Å². The molecule has 1 aromatic carbocycles. The van der Waals surface area contributed by atoms with Gasteiger partial charge < -0.3 is 18.9 Å². The van der Waals surface area contributed by atoms with Crippen LogP contribution >= 0.6 is 0 Å². The van der Waals surface area contributed by atoms with Crippen molar-refractivity contribution in [3.8, 4) is 5.75 Å². The number of piperidine rings is 1. The number of pyridine rings is 1. The van der Waals surface area contributed by atoms with E-state index in [2.05, 4.69) is 9.55 Å². The van der Waals surface area contributed by atoms with Gasteiger partial charge in [-0.05, 0) is 55.9 Å². The Labute approximate surface area is 188 Å². The minimum absolute atomic E-state index is 0.0460. The Bertz CT molecular complexity index is 1080. The minimum Gasteiger partial charge on any atom is -0.496 e. The highest BCUT2D eigenvalue weighted by molar-refractivity contribution is 5.76. The maximum absolute atomic E-state index is 12.9. The molecule has 0 saturated carbocycles. The van der Waals surface area contributed by atoms with Gasteiger partial charge >= 0.3 is 0 Å². The van der Waals surface area contributed by atoms with Gasteiger partial charge in [0, 0.05) is 38.4 Å². The quantitative estimate of drug-likeness (QED) is 0.585. The van der Waals surface area contributed by atoms with Crippen molar-refractivity contribution in [2.75, 3.05) is 26.8 Å². The number of aromatic nitrogens is 3. The van der Waals surface area contributed by atoms with Gasteiger partial charge in [-0.2, -0.15) is 0 Å². The summed E-state index contributed by atoms with van der Waals surface area (Å²) in [5.74, 6) is 2.06. The van der Waals surface area contributed by atoms with Crippen LogP contribution in [0.25, 0.3) is 11.2 Å². The molecule has 2 saturated heterocycles. The van der Waals surface area contributed by atoms with Gasteiger partial charge in [0.1, 0.15) is 23.2 Å². The van der Waals surface area contributed by atoms with E-state index in [-0.39, 0.29) is 18.1 Å². The highest BCUT2D eigenvalue weighted by Gasteiger charge is 2.31. The number of ether oxygens (including phenoxy) is 2. The van der Waals surface area contributed by atoms with Gasteiger partial charge in [-0.1, -0.05) is 18.2 Å². The van der Waals surface area contributed by atoms with E-state index in [9.17, 15) is 4.79 Å². The van der Waals surface area contributed by atoms with Crippen molar-refractivity contribution in [3.63, 3.8) is 0 Å². The summed E-state index contributed by atoms with van der Waals surface area (Å²) in [6.45, 7) is 2.31.